The highest BCUT2D eigenvalue weighted by Crippen LogP contribution is 2.25. The summed E-state index contributed by atoms with van der Waals surface area (Å²) in [7, 11) is -2.51. The van der Waals surface area contributed by atoms with E-state index in [0.29, 0.717) is 0 Å². The molecule has 116 valence electrons. The number of nitrogens with two attached hydrogens (primary N) is 1. The minimum atomic E-state index is -3.76. The number of ether oxygens (including phenoxy) is 1. The summed E-state index contributed by atoms with van der Waals surface area (Å²) in [5, 5.41) is 0. The molecule has 0 atom stereocenters. The maximum Gasteiger partial charge on any atom is 0.337 e. The summed E-state index contributed by atoms with van der Waals surface area (Å²) < 4.78 is 31.1. The van der Waals surface area contributed by atoms with Gasteiger partial charge in [0.05, 0.1) is 18.4 Å². The number of nitrogen functional groups attached to an aromatic ring is 1. The normalized spacial score (nSPS) is 11.7. The fourth-order valence-corrected chi connectivity index (χ4v) is 3.57. The number of esters is 1. The predicted octanol–water partition coefficient (Wildman–Crippen LogP) is 1.64. The van der Waals surface area contributed by atoms with Crippen LogP contribution in [-0.4, -0.2) is 38.4 Å². The second kappa shape index (κ2) is 6.73. The van der Waals surface area contributed by atoms with Crippen molar-refractivity contribution in [2.45, 2.75) is 24.8 Å². The summed E-state index contributed by atoms with van der Waals surface area (Å²) >= 11 is 0. The molecule has 0 saturated heterocycles. The van der Waals surface area contributed by atoms with Crippen molar-refractivity contribution in [2.24, 2.45) is 0 Å². The molecule has 0 bridgehead atoms. The van der Waals surface area contributed by atoms with Crippen LogP contribution < -0.4 is 5.73 Å². The zero-order chi connectivity index (χ0) is 16.2. The number of carbonyl (C=O) groups excluding carboxylic acids is 1. The smallest absolute Gasteiger partial charge is 0.337 e. The van der Waals surface area contributed by atoms with Crippen LogP contribution in [-0.2, 0) is 14.8 Å². The zero-order valence-corrected chi connectivity index (χ0v) is 13.2. The highest BCUT2D eigenvalue weighted by atomic mass is 32.2. The lowest BCUT2D eigenvalue weighted by Gasteiger charge is -2.25. The van der Waals surface area contributed by atoms with Gasteiger partial charge in [-0.15, -0.1) is 6.58 Å². The first kappa shape index (κ1) is 17.2. The largest absolute Gasteiger partial charge is 0.465 e. The molecule has 0 saturated carbocycles. The maximum atomic E-state index is 12.6. The van der Waals surface area contributed by atoms with Crippen molar-refractivity contribution in [2.75, 3.05) is 19.4 Å². The minimum Gasteiger partial charge on any atom is -0.465 e. The second-order valence-corrected chi connectivity index (χ2v) is 6.56. The fraction of sp³-hybridized carbons (Fsp3) is 0.357. The van der Waals surface area contributed by atoms with Crippen LogP contribution in [0.15, 0.2) is 35.7 Å². The Bertz CT molecular complexity index is 638. The van der Waals surface area contributed by atoms with Gasteiger partial charge >= 0.3 is 5.97 Å². The van der Waals surface area contributed by atoms with Crippen molar-refractivity contribution in [3.8, 4) is 0 Å². The van der Waals surface area contributed by atoms with E-state index in [1.165, 1.54) is 35.7 Å². The lowest BCUT2D eigenvalue weighted by Crippen LogP contribution is -2.37. The van der Waals surface area contributed by atoms with E-state index in [4.69, 9.17) is 5.73 Å². The Morgan fingerprint density at radius 3 is 2.52 bits per heavy atom. The minimum absolute atomic E-state index is 0.00705. The number of anilines is 1. The van der Waals surface area contributed by atoms with Crippen LogP contribution in [0.4, 0.5) is 5.69 Å². The number of rotatable bonds is 6. The quantitative estimate of drug-likeness (QED) is 0.490. The summed E-state index contributed by atoms with van der Waals surface area (Å²) in [5.41, 5.74) is 6.00. The molecule has 2 N–H and O–H groups in total. The molecule has 0 heterocycles. The first-order valence-electron chi connectivity index (χ1n) is 6.36. The summed E-state index contributed by atoms with van der Waals surface area (Å²) in [4.78, 5) is 11.4. The van der Waals surface area contributed by atoms with E-state index in [1.54, 1.807) is 13.8 Å². The lowest BCUT2D eigenvalue weighted by atomic mass is 10.2. The maximum absolute atomic E-state index is 12.6. The average molecular weight is 312 g/mol. The molecule has 21 heavy (non-hydrogen) atoms. The van der Waals surface area contributed by atoms with Gasteiger partial charge in [0.25, 0.3) is 0 Å². The van der Waals surface area contributed by atoms with Crippen molar-refractivity contribution < 1.29 is 17.9 Å². The van der Waals surface area contributed by atoms with Crippen molar-refractivity contribution in [3.63, 3.8) is 0 Å². The molecule has 0 aliphatic carbocycles. The molecular formula is C14H20N2O4S. The van der Waals surface area contributed by atoms with Crippen LogP contribution in [0.1, 0.15) is 24.2 Å². The predicted molar refractivity (Wildman–Crippen MR) is 81.4 cm³/mol. The molecule has 0 spiro atoms. The molecule has 0 aliphatic heterocycles. The molecule has 0 unspecified atom stereocenters. The van der Waals surface area contributed by atoms with Crippen molar-refractivity contribution >= 4 is 21.7 Å². The van der Waals surface area contributed by atoms with Crippen LogP contribution in [0.5, 0.6) is 0 Å². The van der Waals surface area contributed by atoms with E-state index >= 15 is 0 Å². The van der Waals surface area contributed by atoms with Gasteiger partial charge in [-0.3, -0.25) is 0 Å². The van der Waals surface area contributed by atoms with E-state index in [0.717, 1.165) is 0 Å². The fourth-order valence-electron chi connectivity index (χ4n) is 1.87. The number of benzene rings is 1. The molecule has 0 fully saturated rings. The summed E-state index contributed by atoms with van der Waals surface area (Å²) in [6, 6.07) is 3.75. The third kappa shape index (κ3) is 3.62. The van der Waals surface area contributed by atoms with Gasteiger partial charge in [0.1, 0.15) is 4.90 Å². The van der Waals surface area contributed by atoms with E-state index in [9.17, 15) is 13.2 Å². The van der Waals surface area contributed by atoms with Crippen molar-refractivity contribution in [3.05, 3.63) is 36.4 Å². The van der Waals surface area contributed by atoms with Crippen LogP contribution in [0, 0.1) is 0 Å². The number of hydrogen-bond acceptors (Lipinski definition) is 5. The van der Waals surface area contributed by atoms with Gasteiger partial charge in [-0.25, -0.2) is 13.2 Å². The molecule has 6 nitrogen and oxygen atoms in total. The summed E-state index contributed by atoms with van der Waals surface area (Å²) in [6.45, 7) is 7.27. The topological polar surface area (TPSA) is 89.7 Å². The van der Waals surface area contributed by atoms with E-state index in [-0.39, 0.29) is 28.7 Å². The third-order valence-corrected chi connectivity index (χ3v) is 5.02. The number of sulfonamides is 1. The molecule has 1 aromatic rings. The molecule has 0 radical (unpaired) electrons. The lowest BCUT2D eigenvalue weighted by molar-refractivity contribution is 0.0600. The van der Waals surface area contributed by atoms with Gasteiger partial charge in [0.2, 0.25) is 10.0 Å². The highest BCUT2D eigenvalue weighted by Gasteiger charge is 2.28. The van der Waals surface area contributed by atoms with Crippen LogP contribution >= 0.6 is 0 Å². The first-order chi connectivity index (χ1) is 9.75. The van der Waals surface area contributed by atoms with Crippen molar-refractivity contribution in [1.82, 2.24) is 4.31 Å². The van der Waals surface area contributed by atoms with E-state index in [1.807, 2.05) is 0 Å². The summed E-state index contributed by atoms with van der Waals surface area (Å²) in [5.74, 6) is -0.572. The summed E-state index contributed by atoms with van der Waals surface area (Å²) in [6.07, 6.45) is 1.51. The van der Waals surface area contributed by atoms with Crippen molar-refractivity contribution in [1.29, 1.82) is 0 Å². The number of hydrogen-bond donors (Lipinski definition) is 1. The Kier molecular flexibility index (Phi) is 5.51. The van der Waals surface area contributed by atoms with Crippen LogP contribution in [0.3, 0.4) is 0 Å². The molecule has 1 aromatic carbocycles. The standard InChI is InChI=1S/C14H20N2O4S/c1-5-8-16(10(2)3)21(18,19)13-7-6-11(9-12(13)15)14(17)20-4/h5-7,9-10H,1,8,15H2,2-4H3. The van der Waals surface area contributed by atoms with Gasteiger partial charge in [0, 0.05) is 12.6 Å². The Hall–Kier alpha value is -1.86. The molecule has 0 aromatic heterocycles. The molecule has 0 amide bonds. The monoisotopic (exact) mass is 312 g/mol. The Morgan fingerprint density at radius 2 is 2.10 bits per heavy atom. The number of nitrogens with zero attached hydrogens (tertiary/aromatic N) is 1. The SMILES string of the molecule is C=CCN(C(C)C)S(=O)(=O)c1ccc(C(=O)OC)cc1N. The van der Waals surface area contributed by atoms with Gasteiger partial charge in [-0.2, -0.15) is 4.31 Å². The zero-order valence-electron chi connectivity index (χ0n) is 12.4. The van der Waals surface area contributed by atoms with Crippen LogP contribution in [0.2, 0.25) is 0 Å². The second-order valence-electron chi connectivity index (χ2n) is 4.70. The number of methoxy groups -OCH3 is 1. The molecule has 7 heteroatoms. The third-order valence-electron chi connectivity index (χ3n) is 2.90. The Morgan fingerprint density at radius 1 is 1.48 bits per heavy atom. The average Bonchev–Trinajstić information content (AvgIpc) is 2.42. The molecule has 0 aliphatic rings. The number of carbonyl (C=O) groups is 1. The van der Waals surface area contributed by atoms with Gasteiger partial charge in [-0.1, -0.05) is 6.08 Å². The highest BCUT2D eigenvalue weighted by molar-refractivity contribution is 7.89. The molecular weight excluding hydrogens is 292 g/mol. The Labute approximate surface area is 125 Å². The van der Waals surface area contributed by atoms with E-state index in [2.05, 4.69) is 11.3 Å². The Balaban J connectivity index is 3.31. The molecule has 1 rings (SSSR count). The van der Waals surface area contributed by atoms with E-state index < -0.39 is 16.0 Å². The van der Waals surface area contributed by atoms with Gasteiger partial charge < -0.3 is 10.5 Å². The van der Waals surface area contributed by atoms with Crippen LogP contribution in [0.25, 0.3) is 0 Å². The first-order valence-corrected chi connectivity index (χ1v) is 7.80. The van der Waals surface area contributed by atoms with Gasteiger partial charge in [0.15, 0.2) is 0 Å². The van der Waals surface area contributed by atoms with Gasteiger partial charge in [-0.05, 0) is 32.0 Å².